The molecule has 2 aliphatic carbocycles. The van der Waals surface area contributed by atoms with Crippen molar-refractivity contribution >= 4 is 8.07 Å². The molecule has 0 N–H and O–H groups in total. The zero-order valence-corrected chi connectivity index (χ0v) is 18.7. The van der Waals surface area contributed by atoms with Gasteiger partial charge in [0.05, 0.1) is 15.2 Å². The summed E-state index contributed by atoms with van der Waals surface area (Å²) in [6.45, 7) is 7.41. The second-order valence-corrected chi connectivity index (χ2v) is 14.8. The van der Waals surface area contributed by atoms with E-state index in [1.54, 1.807) is 0 Å². The van der Waals surface area contributed by atoms with Crippen LogP contribution in [0.5, 0.6) is 5.75 Å². The van der Waals surface area contributed by atoms with Gasteiger partial charge in [0.1, 0.15) is 5.75 Å². The lowest BCUT2D eigenvalue weighted by Crippen LogP contribution is -2.27. The number of methoxy groups -OCH3 is 1. The van der Waals surface area contributed by atoms with Crippen molar-refractivity contribution in [3.63, 3.8) is 0 Å². The van der Waals surface area contributed by atoms with Crippen LogP contribution in [0.1, 0.15) is 31.2 Å². The Morgan fingerprint density at radius 2 is 1.64 bits per heavy atom. The Balaban J connectivity index is 1.85. The lowest BCUT2D eigenvalue weighted by molar-refractivity contribution is 0.395. The third-order valence-corrected chi connectivity index (χ3v) is 9.03. The molecule has 2 aromatic carbocycles. The van der Waals surface area contributed by atoms with Gasteiger partial charge in [0.25, 0.3) is 0 Å². The first-order valence-corrected chi connectivity index (χ1v) is 14.2. The summed E-state index contributed by atoms with van der Waals surface area (Å²) >= 11 is 0. The quantitative estimate of drug-likeness (QED) is 0.486. The van der Waals surface area contributed by atoms with Gasteiger partial charge in [-0.15, -0.1) is 0 Å². The SMILES string of the molecule is COc1c(-c2ccccc2)cccc1C1(C2=CC([Si](C)(C)C)C=C2)CCCC1. The van der Waals surface area contributed by atoms with E-state index >= 15 is 0 Å². The van der Waals surface area contributed by atoms with Crippen molar-refractivity contribution in [3.05, 3.63) is 77.9 Å². The Kier molecular flexibility index (Phi) is 5.09. The Morgan fingerprint density at radius 3 is 2.25 bits per heavy atom. The Bertz CT molecular complexity index is 896. The number of hydrogen-bond acceptors (Lipinski definition) is 1. The van der Waals surface area contributed by atoms with E-state index in [1.165, 1.54) is 47.9 Å². The molecule has 0 saturated heterocycles. The minimum Gasteiger partial charge on any atom is -0.496 e. The highest BCUT2D eigenvalue weighted by Gasteiger charge is 2.42. The van der Waals surface area contributed by atoms with Crippen molar-refractivity contribution in [2.45, 2.75) is 56.3 Å². The largest absolute Gasteiger partial charge is 0.496 e. The average Bonchev–Trinajstić information content (AvgIpc) is 3.38. The van der Waals surface area contributed by atoms with Gasteiger partial charge in [0.15, 0.2) is 0 Å². The van der Waals surface area contributed by atoms with Gasteiger partial charge in [-0.3, -0.25) is 0 Å². The molecule has 146 valence electrons. The summed E-state index contributed by atoms with van der Waals surface area (Å²) in [5, 5.41) is 0. The highest BCUT2D eigenvalue weighted by molar-refractivity contribution is 6.78. The van der Waals surface area contributed by atoms with Crippen LogP contribution in [-0.2, 0) is 5.41 Å². The van der Waals surface area contributed by atoms with Crippen molar-refractivity contribution in [2.75, 3.05) is 7.11 Å². The summed E-state index contributed by atoms with van der Waals surface area (Å²) in [5.74, 6) is 1.06. The normalized spacial score (nSPS) is 21.0. The van der Waals surface area contributed by atoms with Gasteiger partial charge in [-0.05, 0) is 29.5 Å². The van der Waals surface area contributed by atoms with Crippen LogP contribution >= 0.6 is 0 Å². The van der Waals surface area contributed by atoms with E-state index in [0.717, 1.165) is 5.75 Å². The minimum atomic E-state index is -1.23. The number of ether oxygens (including phenoxy) is 1. The molecule has 0 radical (unpaired) electrons. The fourth-order valence-corrected chi connectivity index (χ4v) is 6.39. The first-order valence-electron chi connectivity index (χ1n) is 10.6. The molecule has 0 bridgehead atoms. The number of hydrogen-bond donors (Lipinski definition) is 0. The molecule has 1 fully saturated rings. The van der Waals surface area contributed by atoms with Crippen molar-refractivity contribution in [2.24, 2.45) is 0 Å². The molecule has 2 aliphatic rings. The Hall–Kier alpha value is -2.06. The fourth-order valence-electron chi connectivity index (χ4n) is 5.04. The monoisotopic (exact) mass is 388 g/mol. The van der Waals surface area contributed by atoms with Crippen LogP contribution in [0, 0.1) is 0 Å². The second-order valence-electron chi connectivity index (χ2n) is 9.41. The van der Waals surface area contributed by atoms with Crippen molar-refractivity contribution < 1.29 is 4.74 Å². The van der Waals surface area contributed by atoms with Gasteiger partial charge in [0, 0.05) is 16.5 Å². The number of benzene rings is 2. The summed E-state index contributed by atoms with van der Waals surface area (Å²) in [5.41, 5.74) is 6.08. The van der Waals surface area contributed by atoms with Gasteiger partial charge in [-0.1, -0.05) is 99.2 Å². The minimum absolute atomic E-state index is 0.0982. The molecule has 1 nitrogen and oxygen atoms in total. The molecule has 0 aromatic heterocycles. The van der Waals surface area contributed by atoms with Crippen LogP contribution in [0.25, 0.3) is 11.1 Å². The van der Waals surface area contributed by atoms with E-state index in [0.29, 0.717) is 5.54 Å². The molecule has 0 heterocycles. The van der Waals surface area contributed by atoms with Crippen LogP contribution in [0.2, 0.25) is 25.2 Å². The maximum Gasteiger partial charge on any atom is 0.130 e. The topological polar surface area (TPSA) is 9.23 Å². The van der Waals surface area contributed by atoms with E-state index in [-0.39, 0.29) is 5.41 Å². The molecule has 0 aliphatic heterocycles. The van der Waals surface area contributed by atoms with Crippen LogP contribution in [0.3, 0.4) is 0 Å². The molecule has 1 saturated carbocycles. The van der Waals surface area contributed by atoms with Crippen molar-refractivity contribution in [1.29, 1.82) is 0 Å². The molecule has 1 unspecified atom stereocenters. The predicted octanol–water partition coefficient (Wildman–Crippen LogP) is 7.38. The van der Waals surface area contributed by atoms with Crippen molar-refractivity contribution in [1.82, 2.24) is 0 Å². The molecule has 0 spiro atoms. The van der Waals surface area contributed by atoms with E-state index in [9.17, 15) is 0 Å². The summed E-state index contributed by atoms with van der Waals surface area (Å²) < 4.78 is 6.08. The van der Waals surface area contributed by atoms with Gasteiger partial charge >= 0.3 is 0 Å². The predicted molar refractivity (Wildman–Crippen MR) is 123 cm³/mol. The molecule has 0 amide bonds. The molecule has 4 rings (SSSR count). The molecule has 1 atom stereocenters. The lowest BCUT2D eigenvalue weighted by Gasteiger charge is -2.33. The van der Waals surface area contributed by atoms with E-state index in [2.05, 4.69) is 86.4 Å². The summed E-state index contributed by atoms with van der Waals surface area (Å²) in [4.78, 5) is 0. The van der Waals surface area contributed by atoms with E-state index < -0.39 is 8.07 Å². The summed E-state index contributed by atoms with van der Waals surface area (Å²) in [6.07, 6.45) is 12.5. The number of para-hydroxylation sites is 1. The molecular formula is C26H32OSi. The molecule has 2 heteroatoms. The third kappa shape index (κ3) is 3.28. The first-order chi connectivity index (χ1) is 13.5. The van der Waals surface area contributed by atoms with E-state index in [4.69, 9.17) is 4.74 Å². The highest BCUT2D eigenvalue weighted by atomic mass is 28.3. The lowest BCUT2D eigenvalue weighted by atomic mass is 9.72. The van der Waals surface area contributed by atoms with E-state index in [1.807, 2.05) is 7.11 Å². The smallest absolute Gasteiger partial charge is 0.130 e. The zero-order valence-electron chi connectivity index (χ0n) is 17.7. The second kappa shape index (κ2) is 7.40. The van der Waals surface area contributed by atoms with Crippen LogP contribution in [0.4, 0.5) is 0 Å². The van der Waals surface area contributed by atoms with Gasteiger partial charge in [0.2, 0.25) is 0 Å². The summed E-state index contributed by atoms with van der Waals surface area (Å²) in [7, 11) is 0.600. The zero-order chi connectivity index (χ0) is 19.8. The first kappa shape index (κ1) is 19.3. The fraction of sp³-hybridized carbons (Fsp3) is 0.385. The Morgan fingerprint density at radius 1 is 0.929 bits per heavy atom. The number of allylic oxidation sites excluding steroid dienone is 4. The third-order valence-electron chi connectivity index (χ3n) is 6.67. The van der Waals surface area contributed by atoms with Gasteiger partial charge < -0.3 is 4.74 Å². The summed E-state index contributed by atoms with van der Waals surface area (Å²) in [6, 6.07) is 17.4. The van der Waals surface area contributed by atoms with Gasteiger partial charge in [-0.25, -0.2) is 0 Å². The molecule has 2 aromatic rings. The van der Waals surface area contributed by atoms with Gasteiger partial charge in [-0.2, -0.15) is 0 Å². The average molecular weight is 389 g/mol. The highest BCUT2D eigenvalue weighted by Crippen LogP contribution is 2.54. The maximum absolute atomic E-state index is 6.08. The standard InChI is InChI=1S/C26H32OSi/c1-27-25-23(20-11-6-5-7-12-20)13-10-14-24(25)26(17-8-9-18-26)21-15-16-22(19-21)28(2,3)4/h5-7,10-16,19,22H,8-9,17-18H2,1-4H3. The molecule has 28 heavy (non-hydrogen) atoms. The number of rotatable bonds is 5. The van der Waals surface area contributed by atoms with Crippen molar-refractivity contribution in [3.8, 4) is 16.9 Å². The Labute approximate surface area is 171 Å². The van der Waals surface area contributed by atoms with Crippen LogP contribution in [-0.4, -0.2) is 15.2 Å². The van der Waals surface area contributed by atoms with Crippen LogP contribution in [0.15, 0.2) is 72.3 Å². The van der Waals surface area contributed by atoms with Crippen LogP contribution < -0.4 is 4.74 Å². The maximum atomic E-state index is 6.08. The molecular weight excluding hydrogens is 356 g/mol.